The summed E-state index contributed by atoms with van der Waals surface area (Å²) < 4.78 is 82.5. The number of hydrogen-bond acceptors (Lipinski definition) is 2. The monoisotopic (exact) mass is 344 g/mol. The maximum atomic E-state index is 13.7. The number of Topliss-reactive ketones (excluding diaryl/α,β-unsaturated/α-hetero) is 2. The summed E-state index contributed by atoms with van der Waals surface area (Å²) in [7, 11) is 0. The molecule has 0 aromatic heterocycles. The van der Waals surface area contributed by atoms with Crippen LogP contribution in [0.25, 0.3) is 0 Å². The zero-order valence-electron chi connectivity index (χ0n) is 12.4. The molecule has 2 rings (SSSR count). The largest absolute Gasteiger partial charge is 0.403 e. The van der Waals surface area contributed by atoms with Gasteiger partial charge >= 0.3 is 12.4 Å². The van der Waals surface area contributed by atoms with Gasteiger partial charge in [-0.2, -0.15) is 26.3 Å². The van der Waals surface area contributed by atoms with Crippen molar-refractivity contribution in [2.24, 2.45) is 17.3 Å². The van der Waals surface area contributed by atoms with Crippen LogP contribution < -0.4 is 0 Å². The van der Waals surface area contributed by atoms with Crippen LogP contribution in [0.1, 0.15) is 51.4 Å². The maximum Gasteiger partial charge on any atom is 0.403 e. The third-order valence-corrected chi connectivity index (χ3v) is 5.31. The summed E-state index contributed by atoms with van der Waals surface area (Å²) in [5, 5.41) is 0. The van der Waals surface area contributed by atoms with Crippen molar-refractivity contribution in [3.63, 3.8) is 0 Å². The highest BCUT2D eigenvalue weighted by Gasteiger charge is 2.76. The Hall–Kier alpha value is -1.08. The van der Waals surface area contributed by atoms with Gasteiger partial charge in [0.2, 0.25) is 0 Å². The summed E-state index contributed by atoms with van der Waals surface area (Å²) in [4.78, 5) is 22.5. The number of carbonyl (C=O) groups excluding carboxylic acids is 2. The molecule has 0 aromatic carbocycles. The van der Waals surface area contributed by atoms with Crippen molar-refractivity contribution in [2.75, 3.05) is 0 Å². The van der Waals surface area contributed by atoms with Crippen LogP contribution in [0, 0.1) is 17.3 Å². The molecule has 0 amide bonds. The van der Waals surface area contributed by atoms with Crippen molar-refractivity contribution < 1.29 is 35.9 Å². The van der Waals surface area contributed by atoms with Gasteiger partial charge in [0.05, 0.1) is 0 Å². The van der Waals surface area contributed by atoms with Crippen LogP contribution in [-0.2, 0) is 9.59 Å². The van der Waals surface area contributed by atoms with Crippen LogP contribution in [0.5, 0.6) is 0 Å². The van der Waals surface area contributed by atoms with Crippen molar-refractivity contribution >= 4 is 11.6 Å². The van der Waals surface area contributed by atoms with E-state index >= 15 is 0 Å². The van der Waals surface area contributed by atoms with E-state index < -0.39 is 55.3 Å². The molecule has 0 aromatic rings. The van der Waals surface area contributed by atoms with Crippen molar-refractivity contribution in [2.45, 2.75) is 63.7 Å². The summed E-state index contributed by atoms with van der Waals surface area (Å²) >= 11 is 0. The summed E-state index contributed by atoms with van der Waals surface area (Å²) in [6, 6.07) is 0. The lowest BCUT2D eigenvalue weighted by Gasteiger charge is -2.50. The molecule has 2 nitrogen and oxygen atoms in total. The molecule has 0 unspecified atom stereocenters. The molecule has 0 bridgehead atoms. The number of carbonyl (C=O) groups is 2. The Kier molecular flexibility index (Phi) is 4.84. The fraction of sp³-hybridized carbons (Fsp3) is 0.867. The molecule has 132 valence electrons. The van der Waals surface area contributed by atoms with E-state index in [1.54, 1.807) is 0 Å². The molecule has 2 saturated carbocycles. The van der Waals surface area contributed by atoms with Crippen molar-refractivity contribution in [3.05, 3.63) is 0 Å². The first-order chi connectivity index (χ1) is 10.5. The molecule has 0 radical (unpaired) electrons. The minimum atomic E-state index is -5.46. The smallest absolute Gasteiger partial charge is 0.300 e. The van der Waals surface area contributed by atoms with E-state index in [0.29, 0.717) is 0 Å². The van der Waals surface area contributed by atoms with Crippen LogP contribution >= 0.6 is 0 Å². The Morgan fingerprint density at radius 3 is 1.09 bits per heavy atom. The highest BCUT2D eigenvalue weighted by Crippen LogP contribution is 2.64. The molecule has 0 heterocycles. The Balaban J connectivity index is 2.47. The Bertz CT molecular complexity index is 415. The molecular weight excluding hydrogens is 326 g/mol. The second-order valence-corrected chi connectivity index (χ2v) is 6.49. The van der Waals surface area contributed by atoms with Crippen molar-refractivity contribution in [3.8, 4) is 0 Å². The van der Waals surface area contributed by atoms with Gasteiger partial charge in [0, 0.05) is 25.7 Å². The fourth-order valence-electron chi connectivity index (χ4n) is 4.21. The first kappa shape index (κ1) is 18.3. The maximum absolute atomic E-state index is 13.7. The summed E-state index contributed by atoms with van der Waals surface area (Å²) in [6.07, 6.45) is -13.5. The van der Waals surface area contributed by atoms with Crippen LogP contribution in [0.15, 0.2) is 0 Å². The molecule has 8 heteroatoms. The van der Waals surface area contributed by atoms with Gasteiger partial charge in [0.25, 0.3) is 0 Å². The van der Waals surface area contributed by atoms with Gasteiger partial charge in [-0.15, -0.1) is 0 Å². The van der Waals surface area contributed by atoms with Gasteiger partial charge in [0.15, 0.2) is 5.41 Å². The quantitative estimate of drug-likeness (QED) is 0.685. The molecule has 0 aliphatic heterocycles. The fourth-order valence-corrected chi connectivity index (χ4v) is 4.21. The standard InChI is InChI=1S/C15H18F6O2/c16-14(17,18)13(15(19,20)21,9-1-5-11(22)6-2-9)10-3-7-12(23)8-4-10/h9-10H,1-8H2. The number of halogens is 6. The average Bonchev–Trinajstić information content (AvgIpc) is 2.40. The summed E-state index contributed by atoms with van der Waals surface area (Å²) in [5.74, 6) is -3.89. The topological polar surface area (TPSA) is 34.1 Å². The van der Waals surface area contributed by atoms with E-state index in [1.807, 2.05) is 0 Å². The Labute approximate surface area is 129 Å². The van der Waals surface area contributed by atoms with E-state index in [4.69, 9.17) is 0 Å². The Morgan fingerprint density at radius 1 is 0.609 bits per heavy atom. The number of alkyl halides is 6. The zero-order valence-corrected chi connectivity index (χ0v) is 12.4. The molecule has 2 aliphatic carbocycles. The number of rotatable bonds is 2. The molecule has 0 atom stereocenters. The molecular formula is C15H18F6O2. The normalized spacial score (nSPS) is 23.4. The summed E-state index contributed by atoms with van der Waals surface area (Å²) in [6.45, 7) is 0. The van der Waals surface area contributed by atoms with Gasteiger partial charge in [-0.25, -0.2) is 0 Å². The van der Waals surface area contributed by atoms with E-state index in [-0.39, 0.29) is 37.2 Å². The van der Waals surface area contributed by atoms with Crippen molar-refractivity contribution in [1.29, 1.82) is 0 Å². The van der Waals surface area contributed by atoms with Gasteiger partial charge in [-0.3, -0.25) is 9.59 Å². The minimum Gasteiger partial charge on any atom is -0.300 e. The average molecular weight is 344 g/mol. The number of ketones is 2. The highest BCUT2D eigenvalue weighted by molar-refractivity contribution is 5.79. The highest BCUT2D eigenvalue weighted by atomic mass is 19.4. The predicted octanol–water partition coefficient (Wildman–Crippen LogP) is 4.62. The second kappa shape index (κ2) is 6.09. The van der Waals surface area contributed by atoms with Crippen LogP contribution in [0.4, 0.5) is 26.3 Å². The lowest BCUT2D eigenvalue weighted by atomic mass is 9.57. The van der Waals surface area contributed by atoms with E-state index in [2.05, 4.69) is 0 Å². The lowest BCUT2D eigenvalue weighted by molar-refractivity contribution is -0.380. The second-order valence-electron chi connectivity index (χ2n) is 6.49. The van der Waals surface area contributed by atoms with Crippen LogP contribution in [0.2, 0.25) is 0 Å². The molecule has 0 spiro atoms. The third-order valence-electron chi connectivity index (χ3n) is 5.31. The first-order valence-corrected chi connectivity index (χ1v) is 7.67. The zero-order chi connectivity index (χ0) is 17.5. The van der Waals surface area contributed by atoms with Crippen LogP contribution in [-0.4, -0.2) is 23.9 Å². The summed E-state index contributed by atoms with van der Waals surface area (Å²) in [5.41, 5.74) is -3.82. The van der Waals surface area contributed by atoms with Gasteiger partial charge in [0.1, 0.15) is 11.6 Å². The van der Waals surface area contributed by atoms with E-state index in [0.717, 1.165) is 0 Å². The predicted molar refractivity (Wildman–Crippen MR) is 68.5 cm³/mol. The Morgan fingerprint density at radius 2 is 0.870 bits per heavy atom. The molecule has 0 N–H and O–H groups in total. The van der Waals surface area contributed by atoms with Crippen molar-refractivity contribution in [1.82, 2.24) is 0 Å². The van der Waals surface area contributed by atoms with Gasteiger partial charge in [-0.05, 0) is 37.5 Å². The molecule has 23 heavy (non-hydrogen) atoms. The van der Waals surface area contributed by atoms with Gasteiger partial charge in [-0.1, -0.05) is 0 Å². The van der Waals surface area contributed by atoms with E-state index in [9.17, 15) is 35.9 Å². The lowest BCUT2D eigenvalue weighted by Crippen LogP contribution is -2.60. The molecule has 2 fully saturated rings. The van der Waals surface area contributed by atoms with Crippen LogP contribution in [0.3, 0.4) is 0 Å². The van der Waals surface area contributed by atoms with Gasteiger partial charge < -0.3 is 0 Å². The SMILES string of the molecule is O=C1CCC(C(C2CCC(=O)CC2)(C(F)(F)F)C(F)(F)F)CC1. The number of hydrogen-bond donors (Lipinski definition) is 0. The first-order valence-electron chi connectivity index (χ1n) is 7.67. The molecule has 0 saturated heterocycles. The minimum absolute atomic E-state index is 0.246. The van der Waals surface area contributed by atoms with E-state index in [1.165, 1.54) is 0 Å². The molecule has 2 aliphatic rings. The third kappa shape index (κ3) is 3.13.